The summed E-state index contributed by atoms with van der Waals surface area (Å²) in [7, 11) is 0. The average molecular weight is 410 g/mol. The molecular weight excluding hydrogens is 382 g/mol. The Balaban J connectivity index is 1.54. The predicted molar refractivity (Wildman–Crippen MR) is 118 cm³/mol. The molecule has 4 rings (SSSR count). The molecule has 1 aliphatic rings. The molecule has 2 aromatic heterocycles. The molecule has 0 saturated heterocycles. The second-order valence-corrected chi connectivity index (χ2v) is 9.43. The first-order valence-electron chi connectivity index (χ1n) is 10.2. The molecule has 152 valence electrons. The Bertz CT molecular complexity index is 1140. The SMILES string of the molecule is Cc1ccc(C(C)NC(=O)Cn2cnc3sc4c(c3c2=O)CCC(C)C4)cc1C. The number of nitrogens with one attached hydrogen (secondary N) is 1. The lowest BCUT2D eigenvalue weighted by molar-refractivity contribution is -0.122. The molecule has 2 atom stereocenters. The van der Waals surface area contributed by atoms with Crippen molar-refractivity contribution in [3.05, 3.63) is 62.0 Å². The molecular formula is C23H27N3O2S. The number of thiophene rings is 1. The molecule has 1 aliphatic carbocycles. The van der Waals surface area contributed by atoms with Crippen LogP contribution in [0.5, 0.6) is 0 Å². The summed E-state index contributed by atoms with van der Waals surface area (Å²) >= 11 is 1.63. The molecule has 1 amide bonds. The Morgan fingerprint density at radius 2 is 2.14 bits per heavy atom. The molecule has 0 radical (unpaired) electrons. The van der Waals surface area contributed by atoms with Crippen LogP contribution in [0.3, 0.4) is 0 Å². The molecule has 0 fully saturated rings. The van der Waals surface area contributed by atoms with Crippen LogP contribution in [0.2, 0.25) is 0 Å². The second-order valence-electron chi connectivity index (χ2n) is 8.34. The van der Waals surface area contributed by atoms with E-state index in [9.17, 15) is 9.59 Å². The third kappa shape index (κ3) is 3.86. The van der Waals surface area contributed by atoms with E-state index in [2.05, 4.69) is 43.2 Å². The summed E-state index contributed by atoms with van der Waals surface area (Å²) in [5.41, 5.74) is 4.54. The van der Waals surface area contributed by atoms with E-state index < -0.39 is 0 Å². The van der Waals surface area contributed by atoms with Crippen molar-refractivity contribution >= 4 is 27.5 Å². The van der Waals surface area contributed by atoms with Crippen LogP contribution in [-0.2, 0) is 24.2 Å². The minimum atomic E-state index is -0.184. The molecule has 6 heteroatoms. The Kier molecular flexibility index (Phi) is 5.30. The van der Waals surface area contributed by atoms with Crippen LogP contribution in [0, 0.1) is 19.8 Å². The minimum Gasteiger partial charge on any atom is -0.348 e. The van der Waals surface area contributed by atoms with E-state index in [-0.39, 0.29) is 24.1 Å². The van der Waals surface area contributed by atoms with Crippen molar-refractivity contribution in [2.24, 2.45) is 5.92 Å². The highest BCUT2D eigenvalue weighted by Crippen LogP contribution is 2.35. The van der Waals surface area contributed by atoms with Gasteiger partial charge >= 0.3 is 0 Å². The van der Waals surface area contributed by atoms with Gasteiger partial charge in [0.15, 0.2) is 0 Å². The maximum absolute atomic E-state index is 13.1. The molecule has 2 unspecified atom stereocenters. The van der Waals surface area contributed by atoms with E-state index in [0.717, 1.165) is 40.6 Å². The number of hydrogen-bond donors (Lipinski definition) is 1. The Morgan fingerprint density at radius 3 is 2.90 bits per heavy atom. The van der Waals surface area contributed by atoms with Crippen LogP contribution in [0.25, 0.3) is 10.2 Å². The Labute approximate surface area is 174 Å². The van der Waals surface area contributed by atoms with E-state index in [1.807, 2.05) is 13.0 Å². The van der Waals surface area contributed by atoms with Gasteiger partial charge < -0.3 is 5.32 Å². The number of hydrogen-bond acceptors (Lipinski definition) is 4. The number of carbonyl (C=O) groups excluding carboxylic acids is 1. The highest BCUT2D eigenvalue weighted by atomic mass is 32.1. The van der Waals surface area contributed by atoms with Gasteiger partial charge in [0.25, 0.3) is 5.56 Å². The molecule has 1 N–H and O–H groups in total. The van der Waals surface area contributed by atoms with Crippen LogP contribution in [0.15, 0.2) is 29.3 Å². The lowest BCUT2D eigenvalue weighted by Crippen LogP contribution is -2.34. The van der Waals surface area contributed by atoms with Crippen molar-refractivity contribution in [1.82, 2.24) is 14.9 Å². The molecule has 3 aromatic rings. The molecule has 0 spiro atoms. The number of aryl methyl sites for hydroxylation is 3. The Hall–Kier alpha value is -2.47. The molecule has 2 heterocycles. The number of nitrogens with zero attached hydrogens (tertiary/aromatic N) is 2. The highest BCUT2D eigenvalue weighted by Gasteiger charge is 2.23. The lowest BCUT2D eigenvalue weighted by atomic mass is 9.89. The monoisotopic (exact) mass is 409 g/mol. The van der Waals surface area contributed by atoms with Gasteiger partial charge in [0.1, 0.15) is 11.4 Å². The third-order valence-corrected chi connectivity index (χ3v) is 7.17. The van der Waals surface area contributed by atoms with Crippen molar-refractivity contribution in [2.45, 2.75) is 59.5 Å². The van der Waals surface area contributed by atoms with Crippen molar-refractivity contribution < 1.29 is 4.79 Å². The minimum absolute atomic E-state index is 0.0159. The van der Waals surface area contributed by atoms with Crippen LogP contribution in [0.1, 0.15) is 53.4 Å². The average Bonchev–Trinajstić information content (AvgIpc) is 3.04. The maximum atomic E-state index is 13.1. The molecule has 5 nitrogen and oxygen atoms in total. The fraction of sp³-hybridized carbons (Fsp3) is 0.435. The van der Waals surface area contributed by atoms with Gasteiger partial charge in [0, 0.05) is 4.88 Å². The van der Waals surface area contributed by atoms with Crippen LogP contribution in [-0.4, -0.2) is 15.5 Å². The summed E-state index contributed by atoms with van der Waals surface area (Å²) in [6.07, 6.45) is 4.55. The zero-order chi connectivity index (χ0) is 20.7. The Morgan fingerprint density at radius 1 is 1.34 bits per heavy atom. The second kappa shape index (κ2) is 7.75. The first-order chi connectivity index (χ1) is 13.8. The standard InChI is InChI=1S/C23H27N3O2S/c1-13-5-8-18-19(9-13)29-22-21(18)23(28)26(12-24-22)11-20(27)25-16(4)17-7-6-14(2)15(3)10-17/h6-7,10,12-13,16H,5,8-9,11H2,1-4H3,(H,25,27). The van der Waals surface area contributed by atoms with Crippen molar-refractivity contribution in [2.75, 3.05) is 0 Å². The quantitative estimate of drug-likeness (QED) is 0.706. The van der Waals surface area contributed by atoms with Gasteiger partial charge in [-0.2, -0.15) is 0 Å². The lowest BCUT2D eigenvalue weighted by Gasteiger charge is -2.17. The summed E-state index contributed by atoms with van der Waals surface area (Å²) in [6.45, 7) is 8.33. The smallest absolute Gasteiger partial charge is 0.262 e. The molecule has 29 heavy (non-hydrogen) atoms. The van der Waals surface area contributed by atoms with Crippen molar-refractivity contribution in [3.63, 3.8) is 0 Å². The van der Waals surface area contributed by atoms with E-state index in [4.69, 9.17) is 0 Å². The van der Waals surface area contributed by atoms with Gasteiger partial charge in [-0.1, -0.05) is 25.1 Å². The zero-order valence-electron chi connectivity index (χ0n) is 17.4. The fourth-order valence-electron chi connectivity index (χ4n) is 4.04. The normalized spacial score (nSPS) is 17.2. The molecule has 0 aliphatic heterocycles. The maximum Gasteiger partial charge on any atom is 0.262 e. The van der Waals surface area contributed by atoms with Gasteiger partial charge in [-0.25, -0.2) is 4.98 Å². The predicted octanol–water partition coefficient (Wildman–Crippen LogP) is 4.08. The number of aromatic nitrogens is 2. The molecule has 0 saturated carbocycles. The summed E-state index contributed by atoms with van der Waals surface area (Å²) in [4.78, 5) is 32.2. The number of benzene rings is 1. The molecule has 1 aromatic carbocycles. The van der Waals surface area contributed by atoms with Gasteiger partial charge in [0.05, 0.1) is 17.8 Å². The topological polar surface area (TPSA) is 64.0 Å². The van der Waals surface area contributed by atoms with E-state index in [0.29, 0.717) is 5.92 Å². The summed E-state index contributed by atoms with van der Waals surface area (Å²) < 4.78 is 1.44. The van der Waals surface area contributed by atoms with Crippen molar-refractivity contribution in [1.29, 1.82) is 0 Å². The summed E-state index contributed by atoms with van der Waals surface area (Å²) in [6, 6.07) is 6.07. The number of rotatable bonds is 4. The zero-order valence-corrected chi connectivity index (χ0v) is 18.2. The van der Waals surface area contributed by atoms with E-state index in [1.165, 1.54) is 26.9 Å². The summed E-state index contributed by atoms with van der Waals surface area (Å²) in [5.74, 6) is 0.465. The van der Waals surface area contributed by atoms with Crippen molar-refractivity contribution in [3.8, 4) is 0 Å². The van der Waals surface area contributed by atoms with Gasteiger partial charge in [0.2, 0.25) is 5.91 Å². The number of fused-ring (bicyclic) bond motifs is 3. The first-order valence-corrected chi connectivity index (χ1v) is 11.0. The van der Waals surface area contributed by atoms with E-state index in [1.54, 1.807) is 11.3 Å². The third-order valence-electron chi connectivity index (χ3n) is 6.00. The van der Waals surface area contributed by atoms with E-state index >= 15 is 0 Å². The number of amides is 1. The summed E-state index contributed by atoms with van der Waals surface area (Å²) in [5, 5.41) is 3.72. The van der Waals surface area contributed by atoms with Crippen LogP contribution >= 0.6 is 11.3 Å². The molecule has 0 bridgehead atoms. The first kappa shape index (κ1) is 19.8. The van der Waals surface area contributed by atoms with Crippen LogP contribution < -0.4 is 10.9 Å². The van der Waals surface area contributed by atoms with Gasteiger partial charge in [-0.15, -0.1) is 11.3 Å². The van der Waals surface area contributed by atoms with Crippen LogP contribution in [0.4, 0.5) is 0 Å². The highest BCUT2D eigenvalue weighted by molar-refractivity contribution is 7.18. The largest absolute Gasteiger partial charge is 0.348 e. The van der Waals surface area contributed by atoms with Gasteiger partial charge in [-0.3, -0.25) is 14.2 Å². The van der Waals surface area contributed by atoms with Gasteiger partial charge in [-0.05, 0) is 68.2 Å². The fourth-order valence-corrected chi connectivity index (χ4v) is 5.38. The number of carbonyl (C=O) groups is 1.